The smallest absolute Gasteiger partial charge is 0.325 e. The van der Waals surface area contributed by atoms with Crippen LogP contribution in [0.25, 0.3) is 10.9 Å². The number of nitrogens with two attached hydrogens (primary N) is 1. The molecule has 0 saturated carbocycles. The van der Waals surface area contributed by atoms with E-state index in [0.29, 0.717) is 10.6 Å². The lowest BCUT2D eigenvalue weighted by molar-refractivity contribution is -0.138. The Balaban J connectivity index is 2.69. The van der Waals surface area contributed by atoms with Crippen LogP contribution in [0.3, 0.4) is 0 Å². The van der Waals surface area contributed by atoms with Gasteiger partial charge in [0.2, 0.25) is 0 Å². The van der Waals surface area contributed by atoms with Crippen LogP contribution in [0.1, 0.15) is 18.5 Å². The number of fused-ring (bicyclic) bond motifs is 1. The van der Waals surface area contributed by atoms with Gasteiger partial charge in [-0.25, -0.2) is 0 Å². The molecule has 0 amide bonds. The van der Waals surface area contributed by atoms with Crippen LogP contribution < -0.4 is 5.73 Å². The maximum atomic E-state index is 10.9. The number of hydrogen-bond donors (Lipinski definition) is 2. The summed E-state index contributed by atoms with van der Waals surface area (Å²) in [6, 6.07) is 4.36. The molecule has 1 atom stereocenters. The monoisotopic (exact) mass is 252 g/mol. The molecule has 1 aromatic heterocycles. The van der Waals surface area contributed by atoms with Crippen molar-refractivity contribution in [3.05, 3.63) is 35.0 Å². The van der Waals surface area contributed by atoms with Crippen molar-refractivity contribution in [2.24, 2.45) is 5.73 Å². The van der Waals surface area contributed by atoms with Gasteiger partial charge in [-0.2, -0.15) is 0 Å². The fourth-order valence-electron chi connectivity index (χ4n) is 1.94. The second kappa shape index (κ2) is 4.39. The molecule has 0 radical (unpaired) electrons. The molecule has 3 N–H and O–H groups in total. The van der Waals surface area contributed by atoms with E-state index in [1.54, 1.807) is 12.3 Å². The van der Waals surface area contributed by atoms with E-state index in [1.807, 2.05) is 23.6 Å². The lowest BCUT2D eigenvalue weighted by Gasteiger charge is -2.03. The second-order valence-corrected chi connectivity index (χ2v) is 4.28. The average Bonchev–Trinajstić information content (AvgIpc) is 2.65. The number of aryl methyl sites for hydroxylation is 1. The van der Waals surface area contributed by atoms with Gasteiger partial charge in [-0.1, -0.05) is 17.7 Å². The van der Waals surface area contributed by atoms with Gasteiger partial charge in [-0.05, 0) is 19.1 Å². The van der Waals surface area contributed by atoms with Crippen molar-refractivity contribution >= 4 is 28.5 Å². The van der Waals surface area contributed by atoms with Crippen molar-refractivity contribution in [3.63, 3.8) is 0 Å². The summed E-state index contributed by atoms with van der Waals surface area (Å²) in [5.41, 5.74) is 7.19. The third-order valence-electron chi connectivity index (χ3n) is 2.82. The highest BCUT2D eigenvalue weighted by molar-refractivity contribution is 6.31. The molecule has 17 heavy (non-hydrogen) atoms. The maximum Gasteiger partial charge on any atom is 0.325 e. The molecule has 2 aromatic rings. The standard InChI is InChI=1S/C12H13ClN2O2/c1-2-15-6-9(11(14)12(16)17)8-4-3-7(13)5-10(8)15/h3-6,11H,2,14H2,1H3,(H,16,17). The summed E-state index contributed by atoms with van der Waals surface area (Å²) in [5, 5.41) is 10.4. The third kappa shape index (κ3) is 2.01. The average molecular weight is 253 g/mol. The summed E-state index contributed by atoms with van der Waals surface area (Å²) in [6.45, 7) is 2.72. The minimum Gasteiger partial charge on any atom is -0.480 e. The van der Waals surface area contributed by atoms with Crippen LogP contribution in [-0.4, -0.2) is 15.6 Å². The minimum absolute atomic E-state index is 0.617. The Morgan fingerprint density at radius 1 is 1.59 bits per heavy atom. The molecule has 0 saturated heterocycles. The van der Waals surface area contributed by atoms with Crippen LogP contribution >= 0.6 is 11.6 Å². The fourth-order valence-corrected chi connectivity index (χ4v) is 2.10. The van der Waals surface area contributed by atoms with Crippen molar-refractivity contribution in [1.82, 2.24) is 4.57 Å². The number of halogens is 1. The molecule has 0 bridgehead atoms. The molecule has 1 heterocycles. The van der Waals surface area contributed by atoms with E-state index in [4.69, 9.17) is 22.4 Å². The Kier molecular flexibility index (Phi) is 3.09. The van der Waals surface area contributed by atoms with E-state index in [2.05, 4.69) is 0 Å². The van der Waals surface area contributed by atoms with Crippen LogP contribution in [0, 0.1) is 0 Å². The molecular weight excluding hydrogens is 240 g/mol. The number of carboxylic acid groups (broad SMARTS) is 1. The van der Waals surface area contributed by atoms with Gasteiger partial charge in [-0.3, -0.25) is 4.79 Å². The zero-order chi connectivity index (χ0) is 12.6. The number of benzene rings is 1. The Bertz CT molecular complexity index is 577. The minimum atomic E-state index is -1.03. The number of carbonyl (C=O) groups is 1. The molecular formula is C12H13ClN2O2. The molecule has 90 valence electrons. The number of nitrogens with zero attached hydrogens (tertiary/aromatic N) is 1. The van der Waals surface area contributed by atoms with Gasteiger partial charge >= 0.3 is 5.97 Å². The summed E-state index contributed by atoms with van der Waals surface area (Å²) in [5.74, 6) is -1.03. The summed E-state index contributed by atoms with van der Waals surface area (Å²) in [7, 11) is 0. The number of aliphatic carboxylic acids is 1. The first-order valence-corrected chi connectivity index (χ1v) is 5.69. The molecule has 0 aliphatic heterocycles. The Morgan fingerprint density at radius 2 is 2.29 bits per heavy atom. The zero-order valence-electron chi connectivity index (χ0n) is 9.35. The first-order chi connectivity index (χ1) is 8.04. The lowest BCUT2D eigenvalue weighted by Crippen LogP contribution is -2.20. The quantitative estimate of drug-likeness (QED) is 0.881. The van der Waals surface area contributed by atoms with Gasteiger partial charge in [0.15, 0.2) is 0 Å². The third-order valence-corrected chi connectivity index (χ3v) is 3.05. The van der Waals surface area contributed by atoms with E-state index in [-0.39, 0.29) is 0 Å². The first kappa shape index (κ1) is 12.0. The first-order valence-electron chi connectivity index (χ1n) is 5.31. The molecule has 0 aliphatic carbocycles. The molecule has 0 fully saturated rings. The lowest BCUT2D eigenvalue weighted by atomic mass is 10.1. The van der Waals surface area contributed by atoms with Crippen molar-refractivity contribution in [3.8, 4) is 0 Å². The van der Waals surface area contributed by atoms with E-state index in [0.717, 1.165) is 17.4 Å². The SMILES string of the molecule is CCn1cc(C(N)C(=O)O)c2ccc(Cl)cc21. The zero-order valence-corrected chi connectivity index (χ0v) is 10.1. The molecule has 1 unspecified atom stereocenters. The van der Waals surface area contributed by atoms with Crippen molar-refractivity contribution in [1.29, 1.82) is 0 Å². The van der Waals surface area contributed by atoms with Crippen molar-refractivity contribution < 1.29 is 9.90 Å². The number of aromatic nitrogens is 1. The highest BCUT2D eigenvalue weighted by atomic mass is 35.5. The van der Waals surface area contributed by atoms with Gasteiger partial charge < -0.3 is 15.4 Å². The molecule has 4 nitrogen and oxygen atoms in total. The summed E-state index contributed by atoms with van der Waals surface area (Å²) >= 11 is 5.94. The Labute approximate surface area is 104 Å². The van der Waals surface area contributed by atoms with Crippen LogP contribution in [0.15, 0.2) is 24.4 Å². The molecule has 0 aliphatic rings. The van der Waals surface area contributed by atoms with E-state index in [9.17, 15) is 4.79 Å². The van der Waals surface area contributed by atoms with Gasteiger partial charge in [-0.15, -0.1) is 0 Å². The van der Waals surface area contributed by atoms with E-state index in [1.165, 1.54) is 0 Å². The van der Waals surface area contributed by atoms with Gasteiger partial charge in [0.1, 0.15) is 6.04 Å². The van der Waals surface area contributed by atoms with Gasteiger partial charge in [0.25, 0.3) is 0 Å². The largest absolute Gasteiger partial charge is 0.480 e. The predicted molar refractivity (Wildman–Crippen MR) is 67.2 cm³/mol. The highest BCUT2D eigenvalue weighted by Gasteiger charge is 2.19. The highest BCUT2D eigenvalue weighted by Crippen LogP contribution is 2.28. The molecule has 1 aromatic carbocycles. The van der Waals surface area contributed by atoms with Crippen molar-refractivity contribution in [2.45, 2.75) is 19.5 Å². The van der Waals surface area contributed by atoms with Gasteiger partial charge in [0.05, 0.1) is 0 Å². The summed E-state index contributed by atoms with van der Waals surface area (Å²) < 4.78 is 1.94. The van der Waals surface area contributed by atoms with Crippen LogP contribution in [0.2, 0.25) is 5.02 Å². The Morgan fingerprint density at radius 3 is 2.88 bits per heavy atom. The van der Waals surface area contributed by atoms with Crippen molar-refractivity contribution in [2.75, 3.05) is 0 Å². The molecule has 0 spiro atoms. The summed E-state index contributed by atoms with van der Waals surface area (Å²) in [4.78, 5) is 10.9. The van der Waals surface area contributed by atoms with E-state index >= 15 is 0 Å². The Hall–Kier alpha value is -1.52. The van der Waals surface area contributed by atoms with Crippen LogP contribution in [-0.2, 0) is 11.3 Å². The number of hydrogen-bond acceptors (Lipinski definition) is 2. The number of rotatable bonds is 3. The normalized spacial score (nSPS) is 12.9. The molecule has 5 heteroatoms. The molecule has 2 rings (SSSR count). The fraction of sp³-hybridized carbons (Fsp3) is 0.250. The van der Waals surface area contributed by atoms with Crippen LogP contribution in [0.5, 0.6) is 0 Å². The number of carboxylic acids is 1. The second-order valence-electron chi connectivity index (χ2n) is 3.85. The maximum absolute atomic E-state index is 10.9. The van der Waals surface area contributed by atoms with Gasteiger partial charge in [0, 0.05) is 34.2 Å². The predicted octanol–water partition coefficient (Wildman–Crippen LogP) is 2.40. The van der Waals surface area contributed by atoms with E-state index < -0.39 is 12.0 Å². The topological polar surface area (TPSA) is 68.2 Å². The summed E-state index contributed by atoms with van der Waals surface area (Å²) in [6.07, 6.45) is 1.78. The van der Waals surface area contributed by atoms with Crippen LogP contribution in [0.4, 0.5) is 0 Å².